The number of benzene rings is 2. The van der Waals surface area contributed by atoms with Gasteiger partial charge in [0, 0.05) is 16.2 Å². The Morgan fingerprint density at radius 1 is 0.964 bits per heavy atom. The van der Waals surface area contributed by atoms with E-state index in [1.54, 1.807) is 11.3 Å². The topological polar surface area (TPSA) is 9.23 Å². The molecule has 3 aromatic rings. The summed E-state index contributed by atoms with van der Waals surface area (Å²) in [4.78, 5) is 2.49. The Morgan fingerprint density at radius 2 is 1.71 bits per heavy atom. The molecule has 0 unspecified atom stereocenters. The Labute approximate surface area is 172 Å². The van der Waals surface area contributed by atoms with Crippen LogP contribution in [0.4, 0.5) is 4.39 Å². The predicted octanol–water partition coefficient (Wildman–Crippen LogP) is 7.72. The van der Waals surface area contributed by atoms with E-state index in [4.69, 9.17) is 4.74 Å². The summed E-state index contributed by atoms with van der Waals surface area (Å²) in [6, 6.07) is 17.8. The van der Waals surface area contributed by atoms with Gasteiger partial charge in [-0.1, -0.05) is 44.2 Å². The van der Waals surface area contributed by atoms with Gasteiger partial charge in [-0.25, -0.2) is 4.39 Å². The second kappa shape index (κ2) is 9.49. The number of rotatable bonds is 8. The molecule has 0 fully saturated rings. The minimum Gasteiger partial charge on any atom is -0.371 e. The molecule has 1 heterocycles. The minimum atomic E-state index is -0.196. The molecule has 0 amide bonds. The lowest BCUT2D eigenvalue weighted by molar-refractivity contribution is -0.00715. The number of hydrogen-bond acceptors (Lipinski definition) is 2. The van der Waals surface area contributed by atoms with E-state index in [9.17, 15) is 4.39 Å². The molecule has 0 aliphatic rings. The van der Waals surface area contributed by atoms with Crippen molar-refractivity contribution in [3.8, 4) is 10.4 Å². The summed E-state index contributed by atoms with van der Waals surface area (Å²) >= 11 is 1.78. The SMILES string of the molecule is CC[C@@H](C)O[C@H](CC)c1ccc(C)c(Cc2ccc(-c3ccc(F)cc3)s2)c1. The molecule has 0 N–H and O–H groups in total. The lowest BCUT2D eigenvalue weighted by Gasteiger charge is -2.22. The van der Waals surface area contributed by atoms with Gasteiger partial charge in [-0.15, -0.1) is 11.3 Å². The summed E-state index contributed by atoms with van der Waals surface area (Å²) in [5.74, 6) is -0.196. The first-order valence-corrected chi connectivity index (χ1v) is 10.9. The number of aryl methyl sites for hydroxylation is 1. The number of ether oxygens (including phenoxy) is 1. The second-order valence-corrected chi connectivity index (χ2v) is 8.56. The van der Waals surface area contributed by atoms with Gasteiger partial charge in [0.2, 0.25) is 0 Å². The standard InChI is InChI=1S/C25H29FOS/c1-5-18(4)27-24(6-2)20-8-7-17(3)21(15-20)16-23-13-14-25(28-23)19-9-11-22(26)12-10-19/h7-15,18,24H,5-6,16H2,1-4H3/t18-,24-/m1/s1. The van der Waals surface area contributed by atoms with Gasteiger partial charge in [-0.05, 0) is 73.2 Å². The summed E-state index contributed by atoms with van der Waals surface area (Å²) in [6.45, 7) is 8.65. The summed E-state index contributed by atoms with van der Waals surface area (Å²) < 4.78 is 19.4. The van der Waals surface area contributed by atoms with Gasteiger partial charge in [-0.3, -0.25) is 0 Å². The molecule has 0 spiro atoms. The van der Waals surface area contributed by atoms with Crippen LogP contribution in [-0.4, -0.2) is 6.10 Å². The molecule has 0 radical (unpaired) electrons. The molecule has 0 saturated carbocycles. The van der Waals surface area contributed by atoms with Crippen LogP contribution in [0.2, 0.25) is 0 Å². The molecule has 0 bridgehead atoms. The monoisotopic (exact) mass is 396 g/mol. The zero-order valence-corrected chi connectivity index (χ0v) is 18.0. The minimum absolute atomic E-state index is 0.146. The van der Waals surface area contributed by atoms with Crippen LogP contribution in [0, 0.1) is 12.7 Å². The van der Waals surface area contributed by atoms with E-state index in [1.807, 2.05) is 12.1 Å². The third kappa shape index (κ3) is 5.09. The van der Waals surface area contributed by atoms with Crippen LogP contribution >= 0.6 is 11.3 Å². The third-order valence-electron chi connectivity index (χ3n) is 5.24. The fraction of sp³-hybridized carbons (Fsp3) is 0.360. The zero-order chi connectivity index (χ0) is 20.1. The summed E-state index contributed by atoms with van der Waals surface area (Å²) in [6.07, 6.45) is 3.32. The van der Waals surface area contributed by atoms with Crippen molar-refractivity contribution in [3.63, 3.8) is 0 Å². The average molecular weight is 397 g/mol. The van der Waals surface area contributed by atoms with E-state index in [0.717, 1.165) is 24.8 Å². The van der Waals surface area contributed by atoms with Crippen LogP contribution in [0.3, 0.4) is 0 Å². The molecule has 0 aliphatic heterocycles. The van der Waals surface area contributed by atoms with Crippen LogP contribution in [0.5, 0.6) is 0 Å². The normalized spacial score (nSPS) is 13.5. The van der Waals surface area contributed by atoms with Crippen LogP contribution < -0.4 is 0 Å². The predicted molar refractivity (Wildman–Crippen MR) is 118 cm³/mol. The van der Waals surface area contributed by atoms with E-state index < -0.39 is 0 Å². The first-order chi connectivity index (χ1) is 13.5. The van der Waals surface area contributed by atoms with Crippen LogP contribution in [0.25, 0.3) is 10.4 Å². The molecule has 148 valence electrons. The molecule has 3 rings (SSSR count). The second-order valence-electron chi connectivity index (χ2n) is 7.39. The van der Waals surface area contributed by atoms with Crippen LogP contribution in [0.15, 0.2) is 54.6 Å². The van der Waals surface area contributed by atoms with Gasteiger partial charge in [0.15, 0.2) is 0 Å². The van der Waals surface area contributed by atoms with Crippen LogP contribution in [0.1, 0.15) is 61.3 Å². The first kappa shape index (κ1) is 20.8. The first-order valence-electron chi connectivity index (χ1n) is 10.1. The Balaban J connectivity index is 1.79. The fourth-order valence-corrected chi connectivity index (χ4v) is 4.34. The summed E-state index contributed by atoms with van der Waals surface area (Å²) in [5, 5.41) is 0. The van der Waals surface area contributed by atoms with Gasteiger partial charge < -0.3 is 4.74 Å². The number of hydrogen-bond donors (Lipinski definition) is 0. The van der Waals surface area contributed by atoms with Crippen molar-refractivity contribution in [1.82, 2.24) is 0 Å². The smallest absolute Gasteiger partial charge is 0.123 e. The van der Waals surface area contributed by atoms with E-state index >= 15 is 0 Å². The highest BCUT2D eigenvalue weighted by molar-refractivity contribution is 7.15. The summed E-state index contributed by atoms with van der Waals surface area (Å²) in [5.41, 5.74) is 4.98. The highest BCUT2D eigenvalue weighted by Gasteiger charge is 2.15. The maximum absolute atomic E-state index is 13.2. The van der Waals surface area contributed by atoms with Crippen molar-refractivity contribution in [2.24, 2.45) is 0 Å². The molecular weight excluding hydrogens is 367 g/mol. The lowest BCUT2D eigenvalue weighted by atomic mass is 9.98. The van der Waals surface area contributed by atoms with Gasteiger partial charge in [0.25, 0.3) is 0 Å². The summed E-state index contributed by atoms with van der Waals surface area (Å²) in [7, 11) is 0. The number of thiophene rings is 1. The van der Waals surface area contributed by atoms with Crippen molar-refractivity contribution < 1.29 is 9.13 Å². The molecular formula is C25H29FOS. The highest BCUT2D eigenvalue weighted by Crippen LogP contribution is 2.31. The molecule has 2 atom stereocenters. The number of halogens is 1. The van der Waals surface area contributed by atoms with Crippen molar-refractivity contribution in [1.29, 1.82) is 0 Å². The fourth-order valence-electron chi connectivity index (χ4n) is 3.30. The Kier molecular flexibility index (Phi) is 7.03. The molecule has 1 aromatic heterocycles. The maximum Gasteiger partial charge on any atom is 0.123 e. The van der Waals surface area contributed by atoms with Gasteiger partial charge in [0.1, 0.15) is 5.82 Å². The van der Waals surface area contributed by atoms with Crippen molar-refractivity contribution in [2.45, 2.75) is 59.2 Å². The van der Waals surface area contributed by atoms with E-state index in [-0.39, 0.29) is 18.0 Å². The van der Waals surface area contributed by atoms with E-state index in [1.165, 1.54) is 38.6 Å². The average Bonchev–Trinajstić information content (AvgIpc) is 3.16. The quantitative estimate of drug-likeness (QED) is 0.379. The lowest BCUT2D eigenvalue weighted by Crippen LogP contribution is -2.12. The highest BCUT2D eigenvalue weighted by atomic mass is 32.1. The van der Waals surface area contributed by atoms with Gasteiger partial charge >= 0.3 is 0 Å². The molecule has 1 nitrogen and oxygen atoms in total. The molecule has 28 heavy (non-hydrogen) atoms. The van der Waals surface area contributed by atoms with Crippen LogP contribution in [-0.2, 0) is 11.2 Å². The Hall–Kier alpha value is -1.97. The van der Waals surface area contributed by atoms with Crippen molar-refractivity contribution in [2.75, 3.05) is 0 Å². The van der Waals surface area contributed by atoms with Crippen molar-refractivity contribution >= 4 is 11.3 Å². The zero-order valence-electron chi connectivity index (χ0n) is 17.2. The maximum atomic E-state index is 13.2. The van der Waals surface area contributed by atoms with Crippen molar-refractivity contribution in [3.05, 3.63) is 82.0 Å². The molecule has 3 heteroatoms. The van der Waals surface area contributed by atoms with Gasteiger partial charge in [0.05, 0.1) is 12.2 Å². The molecule has 0 aliphatic carbocycles. The van der Waals surface area contributed by atoms with E-state index in [2.05, 4.69) is 58.0 Å². The Morgan fingerprint density at radius 3 is 2.39 bits per heavy atom. The largest absolute Gasteiger partial charge is 0.371 e. The molecule has 0 saturated heterocycles. The van der Waals surface area contributed by atoms with Gasteiger partial charge in [-0.2, -0.15) is 0 Å². The molecule has 2 aromatic carbocycles. The third-order valence-corrected chi connectivity index (χ3v) is 6.38. The Bertz CT molecular complexity index is 897. The van der Waals surface area contributed by atoms with E-state index in [0.29, 0.717) is 0 Å².